The van der Waals surface area contributed by atoms with Gasteiger partial charge in [0.15, 0.2) is 5.84 Å². The van der Waals surface area contributed by atoms with Crippen molar-refractivity contribution in [3.05, 3.63) is 0 Å². The molecule has 1 saturated heterocycles. The highest BCUT2D eigenvalue weighted by atomic mass is 16.5. The van der Waals surface area contributed by atoms with Gasteiger partial charge in [0.1, 0.15) is 6.10 Å². The van der Waals surface area contributed by atoms with Crippen LogP contribution in [0.2, 0.25) is 0 Å². The average molecular weight is 229 g/mol. The molecule has 1 aliphatic heterocycles. The number of nitrogens with zero attached hydrogens (tertiary/aromatic N) is 2. The maximum atomic E-state index is 12.0. The van der Waals surface area contributed by atoms with E-state index < -0.39 is 12.1 Å². The largest absolute Gasteiger partial charge is 0.409 e. The smallest absolute Gasteiger partial charge is 0.252 e. The van der Waals surface area contributed by atoms with Crippen molar-refractivity contribution in [1.82, 2.24) is 4.90 Å². The van der Waals surface area contributed by atoms with Gasteiger partial charge in [-0.15, -0.1) is 0 Å². The van der Waals surface area contributed by atoms with Gasteiger partial charge in [-0.3, -0.25) is 4.79 Å². The second-order valence-corrected chi connectivity index (χ2v) is 4.21. The summed E-state index contributed by atoms with van der Waals surface area (Å²) in [6.45, 7) is 4.30. The molecule has 6 heteroatoms. The van der Waals surface area contributed by atoms with Crippen LogP contribution >= 0.6 is 0 Å². The lowest BCUT2D eigenvalue weighted by Crippen LogP contribution is -2.48. The van der Waals surface area contributed by atoms with E-state index in [1.54, 1.807) is 14.0 Å². The number of rotatable bonds is 3. The Balaban J connectivity index is 2.66. The zero-order valence-electron chi connectivity index (χ0n) is 9.88. The van der Waals surface area contributed by atoms with Gasteiger partial charge in [-0.2, -0.15) is 0 Å². The molecule has 1 aliphatic rings. The third-order valence-electron chi connectivity index (χ3n) is 3.10. The number of hydrogen-bond acceptors (Lipinski definition) is 4. The van der Waals surface area contributed by atoms with Gasteiger partial charge >= 0.3 is 0 Å². The van der Waals surface area contributed by atoms with Crippen LogP contribution in [0.25, 0.3) is 0 Å². The van der Waals surface area contributed by atoms with Gasteiger partial charge in [-0.1, -0.05) is 12.1 Å². The molecular formula is C10H19N3O3. The molecule has 0 saturated carbocycles. The van der Waals surface area contributed by atoms with Crippen LogP contribution < -0.4 is 5.73 Å². The van der Waals surface area contributed by atoms with Crippen LogP contribution in [-0.2, 0) is 9.53 Å². The SMILES string of the molecule is CC1CCOC1C(=O)N(C)C(C)C(N)=NO. The Morgan fingerprint density at radius 3 is 2.75 bits per heavy atom. The zero-order chi connectivity index (χ0) is 12.3. The monoisotopic (exact) mass is 229 g/mol. The molecule has 0 radical (unpaired) electrons. The van der Waals surface area contributed by atoms with Crippen LogP contribution in [0.5, 0.6) is 0 Å². The Morgan fingerprint density at radius 1 is 1.69 bits per heavy atom. The fourth-order valence-electron chi connectivity index (χ4n) is 1.68. The minimum absolute atomic E-state index is 0.0153. The van der Waals surface area contributed by atoms with Crippen LogP contribution in [0.4, 0.5) is 0 Å². The lowest BCUT2D eigenvalue weighted by molar-refractivity contribution is -0.141. The molecule has 3 atom stereocenters. The first-order valence-corrected chi connectivity index (χ1v) is 5.34. The molecular weight excluding hydrogens is 210 g/mol. The average Bonchev–Trinajstić information content (AvgIpc) is 2.71. The van der Waals surface area contributed by atoms with E-state index in [-0.39, 0.29) is 17.7 Å². The molecule has 1 heterocycles. The minimum atomic E-state index is -0.436. The molecule has 0 spiro atoms. The van der Waals surface area contributed by atoms with Crippen molar-refractivity contribution >= 4 is 11.7 Å². The van der Waals surface area contributed by atoms with Crippen LogP contribution in [0, 0.1) is 5.92 Å². The summed E-state index contributed by atoms with van der Waals surface area (Å²) in [5, 5.41) is 11.4. The highest BCUT2D eigenvalue weighted by Gasteiger charge is 2.34. The molecule has 3 unspecified atom stereocenters. The van der Waals surface area contributed by atoms with Crippen molar-refractivity contribution < 1.29 is 14.7 Å². The summed E-state index contributed by atoms with van der Waals surface area (Å²) in [7, 11) is 1.62. The lowest BCUT2D eigenvalue weighted by atomic mass is 10.0. The molecule has 0 aromatic carbocycles. The topological polar surface area (TPSA) is 88.2 Å². The summed E-state index contributed by atoms with van der Waals surface area (Å²) in [6, 6.07) is -0.436. The molecule has 3 N–H and O–H groups in total. The molecule has 16 heavy (non-hydrogen) atoms. The first-order chi connectivity index (χ1) is 7.49. The van der Waals surface area contributed by atoms with Crippen molar-refractivity contribution in [2.24, 2.45) is 16.8 Å². The molecule has 0 aromatic rings. The summed E-state index contributed by atoms with van der Waals surface area (Å²) < 4.78 is 5.38. The van der Waals surface area contributed by atoms with Gasteiger partial charge in [0.25, 0.3) is 5.91 Å². The van der Waals surface area contributed by atoms with Crippen LogP contribution in [0.15, 0.2) is 5.16 Å². The van der Waals surface area contributed by atoms with E-state index in [0.717, 1.165) is 6.42 Å². The number of carbonyl (C=O) groups excluding carboxylic acids is 1. The maximum absolute atomic E-state index is 12.0. The van der Waals surface area contributed by atoms with Gasteiger partial charge in [0.2, 0.25) is 0 Å². The van der Waals surface area contributed by atoms with Crippen LogP contribution in [0.1, 0.15) is 20.3 Å². The number of amides is 1. The number of oxime groups is 1. The van der Waals surface area contributed by atoms with E-state index in [9.17, 15) is 4.79 Å². The number of hydrogen-bond donors (Lipinski definition) is 2. The molecule has 92 valence electrons. The quantitative estimate of drug-likeness (QED) is 0.309. The molecule has 0 aromatic heterocycles. The van der Waals surface area contributed by atoms with E-state index in [1.807, 2.05) is 6.92 Å². The maximum Gasteiger partial charge on any atom is 0.252 e. The molecule has 1 fully saturated rings. The number of nitrogens with two attached hydrogens (primary N) is 1. The van der Waals surface area contributed by atoms with Gasteiger partial charge in [-0.25, -0.2) is 0 Å². The predicted octanol–water partition coefficient (Wildman–Crippen LogP) is 0.00470. The summed E-state index contributed by atoms with van der Waals surface area (Å²) in [6.07, 6.45) is 0.487. The third kappa shape index (κ3) is 2.44. The molecule has 0 aliphatic carbocycles. The second kappa shape index (κ2) is 5.16. The number of ether oxygens (including phenoxy) is 1. The van der Waals surface area contributed by atoms with E-state index in [4.69, 9.17) is 15.7 Å². The summed E-state index contributed by atoms with van der Waals surface area (Å²) >= 11 is 0. The Morgan fingerprint density at radius 2 is 2.31 bits per heavy atom. The van der Waals surface area contributed by atoms with E-state index in [1.165, 1.54) is 4.90 Å². The van der Waals surface area contributed by atoms with Crippen LogP contribution in [-0.4, -0.2) is 47.7 Å². The molecule has 6 nitrogen and oxygen atoms in total. The van der Waals surface area contributed by atoms with E-state index in [0.29, 0.717) is 6.61 Å². The molecule has 1 amide bonds. The Hall–Kier alpha value is -1.30. The predicted molar refractivity (Wildman–Crippen MR) is 59.2 cm³/mol. The highest BCUT2D eigenvalue weighted by molar-refractivity contribution is 5.91. The normalized spacial score (nSPS) is 27.8. The van der Waals surface area contributed by atoms with Crippen molar-refractivity contribution in [2.45, 2.75) is 32.4 Å². The Kier molecular flexibility index (Phi) is 4.12. The standard InChI is InChI=1S/C10H19N3O3/c1-6-4-5-16-8(6)10(14)13(3)7(2)9(11)12-15/h6-8,15H,4-5H2,1-3H3,(H2,11,12). The van der Waals surface area contributed by atoms with E-state index in [2.05, 4.69) is 5.16 Å². The number of likely N-dealkylation sites (N-methyl/N-ethyl adjacent to an activating group) is 1. The summed E-state index contributed by atoms with van der Waals surface area (Å²) in [4.78, 5) is 13.5. The summed E-state index contributed by atoms with van der Waals surface area (Å²) in [5.74, 6) is 0.111. The third-order valence-corrected chi connectivity index (χ3v) is 3.10. The molecule has 1 rings (SSSR count). The first-order valence-electron chi connectivity index (χ1n) is 5.34. The first kappa shape index (κ1) is 12.8. The summed E-state index contributed by atoms with van der Waals surface area (Å²) in [5.41, 5.74) is 5.45. The van der Waals surface area contributed by atoms with E-state index >= 15 is 0 Å². The van der Waals surface area contributed by atoms with Crippen molar-refractivity contribution in [3.8, 4) is 0 Å². The number of amidine groups is 1. The minimum Gasteiger partial charge on any atom is -0.409 e. The van der Waals surface area contributed by atoms with Crippen molar-refractivity contribution in [3.63, 3.8) is 0 Å². The zero-order valence-corrected chi connectivity index (χ0v) is 9.88. The second-order valence-electron chi connectivity index (χ2n) is 4.21. The molecule has 0 bridgehead atoms. The van der Waals surface area contributed by atoms with Gasteiger partial charge in [-0.05, 0) is 19.3 Å². The lowest BCUT2D eigenvalue weighted by Gasteiger charge is -2.27. The highest BCUT2D eigenvalue weighted by Crippen LogP contribution is 2.22. The van der Waals surface area contributed by atoms with Crippen LogP contribution in [0.3, 0.4) is 0 Å². The Bertz CT molecular complexity index is 293. The van der Waals surface area contributed by atoms with Crippen molar-refractivity contribution in [2.75, 3.05) is 13.7 Å². The van der Waals surface area contributed by atoms with Crippen molar-refractivity contribution in [1.29, 1.82) is 0 Å². The van der Waals surface area contributed by atoms with Gasteiger partial charge < -0.3 is 20.6 Å². The fraction of sp³-hybridized carbons (Fsp3) is 0.800. The number of carbonyl (C=O) groups is 1. The Labute approximate surface area is 95.0 Å². The fourth-order valence-corrected chi connectivity index (χ4v) is 1.68. The van der Waals surface area contributed by atoms with Gasteiger partial charge in [0, 0.05) is 13.7 Å². The van der Waals surface area contributed by atoms with Gasteiger partial charge in [0.05, 0.1) is 6.04 Å².